The van der Waals surface area contributed by atoms with E-state index >= 15 is 0 Å². The summed E-state index contributed by atoms with van der Waals surface area (Å²) in [6.07, 6.45) is 7.86. The number of nitrogens with two attached hydrogens (primary N) is 2. The first-order chi connectivity index (χ1) is 10.5. The van der Waals surface area contributed by atoms with Crippen molar-refractivity contribution < 1.29 is 19.4 Å². The van der Waals surface area contributed by atoms with Crippen molar-refractivity contribution in [1.29, 1.82) is 0 Å². The van der Waals surface area contributed by atoms with Gasteiger partial charge in [0.1, 0.15) is 6.61 Å². The largest absolute Gasteiger partial charge is 0.456 e. The molecule has 0 heterocycles. The monoisotopic (exact) mass is 311 g/mol. The summed E-state index contributed by atoms with van der Waals surface area (Å²) in [4.78, 5) is 11.8. The Labute approximate surface area is 131 Å². The zero-order chi connectivity index (χ0) is 16.8. The Morgan fingerprint density at radius 1 is 1.41 bits per heavy atom. The van der Waals surface area contributed by atoms with Crippen molar-refractivity contribution in [3.05, 3.63) is 48.4 Å². The number of hydrazine groups is 1. The van der Waals surface area contributed by atoms with Crippen molar-refractivity contribution in [2.24, 2.45) is 11.6 Å². The van der Waals surface area contributed by atoms with Gasteiger partial charge in [0.2, 0.25) is 0 Å². The SMILES string of the molecule is C=C/C=C(\C=C/C)C(=O)OC/C(N)=C/N(N)CCOCCO. The van der Waals surface area contributed by atoms with Gasteiger partial charge in [0, 0.05) is 6.20 Å². The summed E-state index contributed by atoms with van der Waals surface area (Å²) in [6.45, 7) is 6.23. The Morgan fingerprint density at radius 2 is 2.14 bits per heavy atom. The maximum absolute atomic E-state index is 11.8. The predicted octanol–water partition coefficient (Wildman–Crippen LogP) is 0.203. The molecule has 7 nitrogen and oxygen atoms in total. The van der Waals surface area contributed by atoms with Crippen LogP contribution in [0.1, 0.15) is 6.92 Å². The Morgan fingerprint density at radius 3 is 2.73 bits per heavy atom. The van der Waals surface area contributed by atoms with Crippen LogP contribution in [-0.2, 0) is 14.3 Å². The highest BCUT2D eigenvalue weighted by Gasteiger charge is 2.07. The molecule has 0 aliphatic carbocycles. The third-order valence-corrected chi connectivity index (χ3v) is 2.31. The highest BCUT2D eigenvalue weighted by molar-refractivity contribution is 5.91. The number of aliphatic hydroxyl groups excluding tert-OH is 1. The van der Waals surface area contributed by atoms with Gasteiger partial charge < -0.3 is 25.3 Å². The number of aliphatic hydroxyl groups is 1. The molecule has 0 saturated carbocycles. The fourth-order valence-electron chi connectivity index (χ4n) is 1.38. The first-order valence-corrected chi connectivity index (χ1v) is 6.83. The van der Waals surface area contributed by atoms with Crippen LogP contribution in [-0.4, -0.2) is 49.1 Å². The second-order valence-corrected chi connectivity index (χ2v) is 4.21. The number of carbonyl (C=O) groups is 1. The Bertz CT molecular complexity index is 431. The van der Waals surface area contributed by atoms with Gasteiger partial charge in [0.05, 0.1) is 37.6 Å². The highest BCUT2D eigenvalue weighted by atomic mass is 16.5. The van der Waals surface area contributed by atoms with Crippen LogP contribution in [0.4, 0.5) is 0 Å². The van der Waals surface area contributed by atoms with Crippen LogP contribution in [0.15, 0.2) is 48.4 Å². The maximum atomic E-state index is 11.8. The van der Waals surface area contributed by atoms with Gasteiger partial charge >= 0.3 is 5.97 Å². The zero-order valence-corrected chi connectivity index (χ0v) is 12.9. The van der Waals surface area contributed by atoms with Crippen LogP contribution in [0.5, 0.6) is 0 Å². The number of nitrogens with zero attached hydrogens (tertiary/aromatic N) is 1. The van der Waals surface area contributed by atoms with E-state index in [0.29, 0.717) is 24.4 Å². The van der Waals surface area contributed by atoms with Crippen molar-refractivity contribution >= 4 is 5.97 Å². The summed E-state index contributed by atoms with van der Waals surface area (Å²) in [5, 5.41) is 9.88. The molecule has 0 aromatic rings. The van der Waals surface area contributed by atoms with Crippen LogP contribution < -0.4 is 11.6 Å². The van der Waals surface area contributed by atoms with Gasteiger partial charge in [-0.15, -0.1) is 0 Å². The van der Waals surface area contributed by atoms with Gasteiger partial charge in [-0.2, -0.15) is 0 Å². The lowest BCUT2D eigenvalue weighted by atomic mass is 10.2. The van der Waals surface area contributed by atoms with Crippen molar-refractivity contribution in [2.75, 3.05) is 33.0 Å². The molecule has 0 aliphatic rings. The lowest BCUT2D eigenvalue weighted by Crippen LogP contribution is -2.31. The second kappa shape index (κ2) is 12.6. The average Bonchev–Trinajstić information content (AvgIpc) is 2.49. The molecule has 22 heavy (non-hydrogen) atoms. The Kier molecular flexibility index (Phi) is 11.4. The molecule has 0 fully saturated rings. The normalized spacial score (nSPS) is 12.5. The smallest absolute Gasteiger partial charge is 0.338 e. The predicted molar refractivity (Wildman–Crippen MR) is 85.1 cm³/mol. The van der Waals surface area contributed by atoms with E-state index in [1.165, 1.54) is 17.3 Å². The Hall–Kier alpha value is -2.09. The van der Waals surface area contributed by atoms with Crippen molar-refractivity contribution in [1.82, 2.24) is 5.01 Å². The van der Waals surface area contributed by atoms with E-state index in [1.54, 1.807) is 25.2 Å². The van der Waals surface area contributed by atoms with E-state index in [0.717, 1.165) is 0 Å². The summed E-state index contributed by atoms with van der Waals surface area (Å²) in [5.41, 5.74) is 6.41. The molecule has 7 heteroatoms. The van der Waals surface area contributed by atoms with Gasteiger partial charge in [-0.25, -0.2) is 10.6 Å². The van der Waals surface area contributed by atoms with E-state index < -0.39 is 5.97 Å². The van der Waals surface area contributed by atoms with Crippen molar-refractivity contribution in [2.45, 2.75) is 6.92 Å². The minimum atomic E-state index is -0.496. The molecule has 0 spiro atoms. The molecule has 0 aromatic heterocycles. The molecule has 0 radical (unpaired) electrons. The number of rotatable bonds is 11. The first kappa shape index (κ1) is 19.9. The zero-order valence-electron chi connectivity index (χ0n) is 12.9. The van der Waals surface area contributed by atoms with Crippen LogP contribution >= 0.6 is 0 Å². The molecule has 0 unspecified atom stereocenters. The van der Waals surface area contributed by atoms with E-state index in [1.807, 2.05) is 0 Å². The first-order valence-electron chi connectivity index (χ1n) is 6.83. The van der Waals surface area contributed by atoms with E-state index in [4.69, 9.17) is 26.2 Å². The molecule has 0 aliphatic heterocycles. The van der Waals surface area contributed by atoms with Crippen LogP contribution in [0, 0.1) is 0 Å². The number of esters is 1. The molecular weight excluding hydrogens is 286 g/mol. The van der Waals surface area contributed by atoms with E-state index in [-0.39, 0.29) is 19.8 Å². The number of carbonyl (C=O) groups excluding carboxylic acids is 1. The number of hydrogen-bond acceptors (Lipinski definition) is 7. The van der Waals surface area contributed by atoms with Gasteiger partial charge in [-0.3, -0.25) is 0 Å². The fourth-order valence-corrected chi connectivity index (χ4v) is 1.38. The average molecular weight is 311 g/mol. The molecule has 0 atom stereocenters. The summed E-state index contributed by atoms with van der Waals surface area (Å²) in [7, 11) is 0. The van der Waals surface area contributed by atoms with Gasteiger partial charge in [-0.1, -0.05) is 24.8 Å². The summed E-state index contributed by atoms with van der Waals surface area (Å²) in [5.74, 6) is 5.18. The maximum Gasteiger partial charge on any atom is 0.338 e. The molecule has 0 bridgehead atoms. The van der Waals surface area contributed by atoms with Crippen LogP contribution in [0.2, 0.25) is 0 Å². The molecule has 5 N–H and O–H groups in total. The second-order valence-electron chi connectivity index (χ2n) is 4.21. The molecule has 0 amide bonds. The summed E-state index contributed by atoms with van der Waals surface area (Å²) < 4.78 is 10.1. The standard InChI is InChI=1S/C15H25N3O4/c1-3-5-13(6-4-2)15(20)22-12-14(16)11-18(17)7-9-21-10-8-19/h3-6,11,19H,1,7-10,12,16-17H2,2H3/b6-4-,13-5+,14-11-. The third-order valence-electron chi connectivity index (χ3n) is 2.31. The molecule has 124 valence electrons. The van der Waals surface area contributed by atoms with E-state index in [9.17, 15) is 4.79 Å². The summed E-state index contributed by atoms with van der Waals surface area (Å²) in [6, 6.07) is 0. The molecule has 0 rings (SSSR count). The van der Waals surface area contributed by atoms with E-state index in [2.05, 4.69) is 6.58 Å². The minimum Gasteiger partial charge on any atom is -0.456 e. The Balaban J connectivity index is 4.27. The summed E-state index contributed by atoms with van der Waals surface area (Å²) >= 11 is 0. The number of ether oxygens (including phenoxy) is 2. The minimum absolute atomic E-state index is 0.0364. The van der Waals surface area contributed by atoms with Gasteiger partial charge in [0.15, 0.2) is 0 Å². The molecule has 0 aromatic carbocycles. The highest BCUT2D eigenvalue weighted by Crippen LogP contribution is 2.02. The fraction of sp³-hybridized carbons (Fsp3) is 0.400. The number of hydrogen-bond donors (Lipinski definition) is 3. The number of allylic oxidation sites excluding steroid dienone is 3. The molecular formula is C15H25N3O4. The quantitative estimate of drug-likeness (QED) is 0.125. The topological polar surface area (TPSA) is 111 Å². The van der Waals surface area contributed by atoms with Gasteiger partial charge in [0.25, 0.3) is 0 Å². The van der Waals surface area contributed by atoms with Gasteiger partial charge in [-0.05, 0) is 13.0 Å². The van der Waals surface area contributed by atoms with Crippen LogP contribution in [0.25, 0.3) is 0 Å². The van der Waals surface area contributed by atoms with Crippen LogP contribution in [0.3, 0.4) is 0 Å². The third kappa shape index (κ3) is 9.76. The molecule has 0 saturated heterocycles. The van der Waals surface area contributed by atoms with Crippen molar-refractivity contribution in [3.63, 3.8) is 0 Å². The van der Waals surface area contributed by atoms with Crippen molar-refractivity contribution in [3.8, 4) is 0 Å². The lowest BCUT2D eigenvalue weighted by Gasteiger charge is -2.15. The lowest BCUT2D eigenvalue weighted by molar-refractivity contribution is -0.137.